The molecule has 0 spiro atoms. The van der Waals surface area contributed by atoms with Crippen molar-refractivity contribution in [3.63, 3.8) is 0 Å². The first-order valence-corrected chi connectivity index (χ1v) is 9.93. The van der Waals surface area contributed by atoms with Crippen LogP contribution in [0.1, 0.15) is 68.8 Å². The number of hydrogen-bond acceptors (Lipinski definition) is 4. The van der Waals surface area contributed by atoms with Gasteiger partial charge in [-0.05, 0) is 82.6 Å². The van der Waals surface area contributed by atoms with Gasteiger partial charge in [0, 0.05) is 11.1 Å². The standard InChI is InChI=1S/C21H30ClNO4/c1-21(2,3)27-20(25)23-18-10-6-8-14(18)7-5-9-15-13-16(22)11-12-17(15)19(24)26-4/h11-14,18H,5-10H2,1-4H3,(H,23,25)/t14-,18+/m1/s1. The number of halogens is 1. The maximum atomic E-state index is 12.0. The number of carbonyl (C=O) groups is 2. The second-order valence-electron chi connectivity index (χ2n) is 8.13. The van der Waals surface area contributed by atoms with E-state index < -0.39 is 5.60 Å². The van der Waals surface area contributed by atoms with E-state index in [2.05, 4.69) is 5.32 Å². The Balaban J connectivity index is 1.90. The third-order valence-corrected chi connectivity index (χ3v) is 5.09. The third-order valence-electron chi connectivity index (χ3n) is 4.85. The zero-order chi connectivity index (χ0) is 20.0. The minimum absolute atomic E-state index is 0.152. The first-order valence-electron chi connectivity index (χ1n) is 9.56. The fourth-order valence-electron chi connectivity index (χ4n) is 3.66. The summed E-state index contributed by atoms with van der Waals surface area (Å²) in [5.41, 5.74) is 0.982. The average molecular weight is 396 g/mol. The van der Waals surface area contributed by atoms with Gasteiger partial charge in [-0.3, -0.25) is 0 Å². The molecule has 2 atom stereocenters. The molecule has 0 aliphatic heterocycles. The number of esters is 1. The highest BCUT2D eigenvalue weighted by molar-refractivity contribution is 6.30. The van der Waals surface area contributed by atoms with Gasteiger partial charge in [-0.15, -0.1) is 0 Å². The van der Waals surface area contributed by atoms with Crippen LogP contribution in [-0.4, -0.2) is 30.8 Å². The number of amides is 1. The number of benzene rings is 1. The first-order chi connectivity index (χ1) is 12.7. The minimum Gasteiger partial charge on any atom is -0.465 e. The zero-order valence-corrected chi connectivity index (χ0v) is 17.4. The summed E-state index contributed by atoms with van der Waals surface area (Å²) in [7, 11) is 1.38. The van der Waals surface area contributed by atoms with Gasteiger partial charge in [0.25, 0.3) is 0 Å². The Morgan fingerprint density at radius 1 is 1.26 bits per heavy atom. The molecule has 1 amide bonds. The molecule has 1 N–H and O–H groups in total. The number of ether oxygens (including phenoxy) is 2. The van der Waals surface area contributed by atoms with Crippen LogP contribution in [0.15, 0.2) is 18.2 Å². The molecular formula is C21H30ClNO4. The molecule has 0 aromatic heterocycles. The van der Waals surface area contributed by atoms with E-state index in [1.807, 2.05) is 26.8 Å². The van der Waals surface area contributed by atoms with E-state index in [1.54, 1.807) is 12.1 Å². The Hall–Kier alpha value is -1.75. The number of alkyl carbamates (subject to hydrolysis) is 1. The Morgan fingerprint density at radius 3 is 2.67 bits per heavy atom. The molecule has 0 bridgehead atoms. The third kappa shape index (κ3) is 6.73. The molecule has 1 saturated carbocycles. The van der Waals surface area contributed by atoms with Gasteiger partial charge in [-0.2, -0.15) is 0 Å². The highest BCUT2D eigenvalue weighted by Gasteiger charge is 2.29. The van der Waals surface area contributed by atoms with Crippen LogP contribution < -0.4 is 5.32 Å². The van der Waals surface area contributed by atoms with Gasteiger partial charge in [-0.1, -0.05) is 18.0 Å². The molecule has 6 heteroatoms. The fraction of sp³-hybridized carbons (Fsp3) is 0.619. The van der Waals surface area contributed by atoms with Gasteiger partial charge in [-0.25, -0.2) is 9.59 Å². The largest absolute Gasteiger partial charge is 0.465 e. The summed E-state index contributed by atoms with van der Waals surface area (Å²) >= 11 is 6.09. The van der Waals surface area contributed by atoms with Crippen molar-refractivity contribution in [2.75, 3.05) is 7.11 Å². The lowest BCUT2D eigenvalue weighted by Gasteiger charge is -2.25. The Morgan fingerprint density at radius 2 is 2.00 bits per heavy atom. The maximum absolute atomic E-state index is 12.0. The summed E-state index contributed by atoms with van der Waals surface area (Å²) in [5, 5.41) is 3.64. The molecule has 1 aliphatic rings. The van der Waals surface area contributed by atoms with Crippen molar-refractivity contribution in [3.8, 4) is 0 Å². The lowest BCUT2D eigenvalue weighted by atomic mass is 9.94. The zero-order valence-electron chi connectivity index (χ0n) is 16.6. The summed E-state index contributed by atoms with van der Waals surface area (Å²) in [5.74, 6) is 0.0882. The number of nitrogens with one attached hydrogen (secondary N) is 1. The molecule has 150 valence electrons. The van der Waals surface area contributed by atoms with Gasteiger partial charge >= 0.3 is 12.1 Å². The van der Waals surface area contributed by atoms with Gasteiger partial charge < -0.3 is 14.8 Å². The fourth-order valence-corrected chi connectivity index (χ4v) is 3.86. The Labute approximate surface area is 166 Å². The van der Waals surface area contributed by atoms with Crippen molar-refractivity contribution in [3.05, 3.63) is 34.3 Å². The normalized spacial score (nSPS) is 19.6. The lowest BCUT2D eigenvalue weighted by molar-refractivity contribution is 0.0490. The van der Waals surface area contributed by atoms with Crippen molar-refractivity contribution in [1.82, 2.24) is 5.32 Å². The van der Waals surface area contributed by atoms with Crippen LogP contribution >= 0.6 is 11.6 Å². The molecule has 2 rings (SSSR count). The highest BCUT2D eigenvalue weighted by atomic mass is 35.5. The van der Waals surface area contributed by atoms with Crippen molar-refractivity contribution in [2.24, 2.45) is 5.92 Å². The number of rotatable bonds is 6. The van der Waals surface area contributed by atoms with Gasteiger partial charge in [0.15, 0.2) is 0 Å². The topological polar surface area (TPSA) is 64.6 Å². The van der Waals surface area contributed by atoms with Crippen LogP contribution in [0.2, 0.25) is 5.02 Å². The van der Waals surface area contributed by atoms with Crippen molar-refractivity contribution >= 4 is 23.7 Å². The quantitative estimate of drug-likeness (QED) is 0.677. The number of carbonyl (C=O) groups excluding carboxylic acids is 2. The van der Waals surface area contributed by atoms with Crippen LogP contribution in [0.4, 0.5) is 4.79 Å². The van der Waals surface area contributed by atoms with Crippen LogP contribution in [0.5, 0.6) is 0 Å². The van der Waals surface area contributed by atoms with Gasteiger partial charge in [0.05, 0.1) is 12.7 Å². The van der Waals surface area contributed by atoms with E-state index in [-0.39, 0.29) is 18.1 Å². The lowest BCUT2D eigenvalue weighted by Crippen LogP contribution is -2.40. The van der Waals surface area contributed by atoms with E-state index in [9.17, 15) is 9.59 Å². The summed E-state index contributed by atoms with van der Waals surface area (Å²) in [6.45, 7) is 5.59. The molecule has 1 fully saturated rings. The van der Waals surface area contributed by atoms with Crippen LogP contribution in [0.3, 0.4) is 0 Å². The van der Waals surface area contributed by atoms with Crippen molar-refractivity contribution in [1.29, 1.82) is 0 Å². The molecule has 0 radical (unpaired) electrons. The first kappa shape index (κ1) is 21.5. The summed E-state index contributed by atoms with van der Waals surface area (Å²) in [6.07, 6.45) is 5.49. The summed E-state index contributed by atoms with van der Waals surface area (Å²) < 4.78 is 10.2. The monoisotopic (exact) mass is 395 g/mol. The highest BCUT2D eigenvalue weighted by Crippen LogP contribution is 2.31. The summed E-state index contributed by atoms with van der Waals surface area (Å²) in [6, 6.07) is 5.40. The molecule has 0 unspecified atom stereocenters. The smallest absolute Gasteiger partial charge is 0.407 e. The molecule has 5 nitrogen and oxygen atoms in total. The average Bonchev–Trinajstić information content (AvgIpc) is 2.99. The Bertz CT molecular complexity index is 669. The SMILES string of the molecule is COC(=O)c1ccc(Cl)cc1CCC[C@@H]1CCC[C@@H]1NC(=O)OC(C)(C)C. The van der Waals surface area contributed by atoms with E-state index in [1.165, 1.54) is 7.11 Å². The number of aryl methyl sites for hydroxylation is 1. The Kier molecular flexibility index (Phi) is 7.54. The molecule has 1 aromatic rings. The number of hydrogen-bond donors (Lipinski definition) is 1. The van der Waals surface area contributed by atoms with Gasteiger partial charge in [0.1, 0.15) is 5.60 Å². The van der Waals surface area contributed by atoms with Crippen LogP contribution in [0, 0.1) is 5.92 Å². The van der Waals surface area contributed by atoms with E-state index >= 15 is 0 Å². The van der Waals surface area contributed by atoms with Crippen LogP contribution in [-0.2, 0) is 15.9 Å². The summed E-state index contributed by atoms with van der Waals surface area (Å²) in [4.78, 5) is 24.0. The molecule has 0 heterocycles. The molecule has 1 aromatic carbocycles. The van der Waals surface area contributed by atoms with E-state index in [0.29, 0.717) is 16.5 Å². The predicted octanol–water partition coefficient (Wildman–Crippen LogP) is 5.14. The van der Waals surface area contributed by atoms with Crippen LogP contribution in [0.25, 0.3) is 0 Å². The minimum atomic E-state index is -0.491. The molecule has 27 heavy (non-hydrogen) atoms. The molecule has 1 aliphatic carbocycles. The second kappa shape index (κ2) is 9.45. The van der Waals surface area contributed by atoms with E-state index in [4.69, 9.17) is 21.1 Å². The molecular weight excluding hydrogens is 366 g/mol. The molecule has 0 saturated heterocycles. The van der Waals surface area contributed by atoms with Crippen molar-refractivity contribution < 1.29 is 19.1 Å². The van der Waals surface area contributed by atoms with Crippen molar-refractivity contribution in [2.45, 2.75) is 70.9 Å². The number of methoxy groups -OCH3 is 1. The predicted molar refractivity (Wildman–Crippen MR) is 106 cm³/mol. The second-order valence-corrected chi connectivity index (χ2v) is 8.57. The maximum Gasteiger partial charge on any atom is 0.407 e. The van der Waals surface area contributed by atoms with E-state index in [0.717, 1.165) is 44.1 Å². The van der Waals surface area contributed by atoms with Gasteiger partial charge in [0.2, 0.25) is 0 Å².